The predicted molar refractivity (Wildman–Crippen MR) is 82.6 cm³/mol. The third kappa shape index (κ3) is 2.55. The number of hydrogen-bond acceptors (Lipinski definition) is 4. The lowest BCUT2D eigenvalue weighted by Gasteiger charge is -2.22. The molecular formula is C17H18N4O. The molecule has 1 atom stereocenters. The quantitative estimate of drug-likeness (QED) is 0.785. The lowest BCUT2D eigenvalue weighted by molar-refractivity contribution is 0.304. The fraction of sp³-hybridized carbons (Fsp3) is 0.294. The van der Waals surface area contributed by atoms with Crippen LogP contribution in [0.1, 0.15) is 29.2 Å². The average Bonchev–Trinajstić information content (AvgIpc) is 3.16. The number of nitrogens with one attached hydrogen (secondary N) is 1. The van der Waals surface area contributed by atoms with Crippen LogP contribution in [0.2, 0.25) is 0 Å². The Bertz CT molecular complexity index is 716. The second kappa shape index (κ2) is 5.77. The molecule has 5 heteroatoms. The van der Waals surface area contributed by atoms with Crippen LogP contribution in [0.5, 0.6) is 0 Å². The maximum absolute atomic E-state index is 5.47. The zero-order chi connectivity index (χ0) is 14.8. The fourth-order valence-corrected chi connectivity index (χ4v) is 2.73. The summed E-state index contributed by atoms with van der Waals surface area (Å²) in [6, 6.07) is 14.5. The molecule has 0 aliphatic carbocycles. The highest BCUT2D eigenvalue weighted by Gasteiger charge is 2.27. The van der Waals surface area contributed by atoms with E-state index in [0.29, 0.717) is 5.92 Å². The molecular weight excluding hydrogens is 276 g/mol. The Balaban J connectivity index is 1.63. The van der Waals surface area contributed by atoms with Gasteiger partial charge in [0.2, 0.25) is 5.89 Å². The van der Waals surface area contributed by atoms with Crippen molar-refractivity contribution in [1.29, 1.82) is 0 Å². The molecule has 0 unspecified atom stereocenters. The molecule has 3 heterocycles. The van der Waals surface area contributed by atoms with Crippen LogP contribution in [0.15, 0.2) is 59.4 Å². The lowest BCUT2D eigenvalue weighted by atomic mass is 10.0. The second-order valence-electron chi connectivity index (χ2n) is 5.68. The largest absolute Gasteiger partial charge is 0.343 e. The SMILES string of the molecule is c1ccc(C[C@@H](c2noc(C3CNC3)n2)n2cccc2)cc1. The van der Waals surface area contributed by atoms with Gasteiger partial charge in [0, 0.05) is 31.9 Å². The summed E-state index contributed by atoms with van der Waals surface area (Å²) in [5.74, 6) is 1.87. The van der Waals surface area contributed by atoms with Crippen molar-refractivity contribution in [2.75, 3.05) is 13.1 Å². The Hall–Kier alpha value is -2.40. The van der Waals surface area contributed by atoms with Gasteiger partial charge >= 0.3 is 0 Å². The van der Waals surface area contributed by atoms with Crippen LogP contribution in [0.3, 0.4) is 0 Å². The van der Waals surface area contributed by atoms with Crippen LogP contribution in [0.4, 0.5) is 0 Å². The van der Waals surface area contributed by atoms with E-state index in [9.17, 15) is 0 Å². The first-order chi connectivity index (χ1) is 10.9. The van der Waals surface area contributed by atoms with Crippen LogP contribution in [0, 0.1) is 0 Å². The minimum atomic E-state index is 0.0583. The number of nitrogens with zero attached hydrogens (tertiary/aromatic N) is 3. The summed E-state index contributed by atoms with van der Waals surface area (Å²) in [6.07, 6.45) is 4.94. The van der Waals surface area contributed by atoms with Gasteiger partial charge in [0.1, 0.15) is 6.04 Å². The van der Waals surface area contributed by atoms with Crippen LogP contribution >= 0.6 is 0 Å². The molecule has 1 saturated heterocycles. The summed E-state index contributed by atoms with van der Waals surface area (Å²) < 4.78 is 7.61. The van der Waals surface area contributed by atoms with Gasteiger partial charge in [0.15, 0.2) is 5.82 Å². The van der Waals surface area contributed by atoms with E-state index in [0.717, 1.165) is 31.2 Å². The molecule has 1 aliphatic heterocycles. The summed E-state index contributed by atoms with van der Waals surface area (Å²) >= 11 is 0. The summed E-state index contributed by atoms with van der Waals surface area (Å²) in [7, 11) is 0. The molecule has 0 spiro atoms. The Morgan fingerprint density at radius 1 is 1.14 bits per heavy atom. The van der Waals surface area contributed by atoms with Gasteiger partial charge in [-0.25, -0.2) is 0 Å². The van der Waals surface area contributed by atoms with E-state index in [1.807, 2.05) is 18.2 Å². The molecule has 5 nitrogen and oxygen atoms in total. The predicted octanol–water partition coefficient (Wildman–Crippen LogP) is 2.39. The van der Waals surface area contributed by atoms with Crippen molar-refractivity contribution in [1.82, 2.24) is 20.0 Å². The van der Waals surface area contributed by atoms with Gasteiger partial charge in [0.05, 0.1) is 5.92 Å². The summed E-state index contributed by atoms with van der Waals surface area (Å²) in [4.78, 5) is 4.65. The van der Waals surface area contributed by atoms with E-state index in [-0.39, 0.29) is 6.04 Å². The smallest absolute Gasteiger partial charge is 0.232 e. The first kappa shape index (κ1) is 13.3. The zero-order valence-electron chi connectivity index (χ0n) is 12.2. The summed E-state index contributed by atoms with van der Waals surface area (Å²) in [6.45, 7) is 1.85. The van der Waals surface area contributed by atoms with Crippen molar-refractivity contribution in [3.8, 4) is 0 Å². The maximum Gasteiger partial charge on any atom is 0.232 e. The van der Waals surface area contributed by atoms with Crippen LogP contribution in [-0.2, 0) is 6.42 Å². The van der Waals surface area contributed by atoms with Gasteiger partial charge in [-0.3, -0.25) is 0 Å². The Morgan fingerprint density at radius 3 is 2.59 bits per heavy atom. The third-order valence-corrected chi connectivity index (χ3v) is 4.15. The molecule has 1 fully saturated rings. The molecule has 2 aromatic heterocycles. The molecule has 0 saturated carbocycles. The van der Waals surface area contributed by atoms with Gasteiger partial charge in [0.25, 0.3) is 0 Å². The first-order valence-corrected chi connectivity index (χ1v) is 7.61. The summed E-state index contributed by atoms with van der Waals surface area (Å²) in [5, 5.41) is 7.47. The molecule has 112 valence electrons. The zero-order valence-corrected chi connectivity index (χ0v) is 12.2. The van der Waals surface area contributed by atoms with Crippen LogP contribution < -0.4 is 5.32 Å². The number of benzene rings is 1. The minimum absolute atomic E-state index is 0.0583. The Morgan fingerprint density at radius 2 is 1.91 bits per heavy atom. The average molecular weight is 294 g/mol. The van der Waals surface area contributed by atoms with Crippen LogP contribution in [0.25, 0.3) is 0 Å². The van der Waals surface area contributed by atoms with Crippen molar-refractivity contribution in [3.63, 3.8) is 0 Å². The van der Waals surface area contributed by atoms with Gasteiger partial charge in [-0.1, -0.05) is 35.5 Å². The number of hydrogen-bond donors (Lipinski definition) is 1. The van der Waals surface area contributed by atoms with Gasteiger partial charge < -0.3 is 14.4 Å². The van der Waals surface area contributed by atoms with Gasteiger partial charge in [-0.15, -0.1) is 0 Å². The van der Waals surface area contributed by atoms with Crippen molar-refractivity contribution in [2.45, 2.75) is 18.4 Å². The fourth-order valence-electron chi connectivity index (χ4n) is 2.73. The highest BCUT2D eigenvalue weighted by atomic mass is 16.5. The molecule has 3 aromatic rings. The third-order valence-electron chi connectivity index (χ3n) is 4.15. The molecule has 1 aromatic carbocycles. The molecule has 4 rings (SSSR count). The standard InChI is InChI=1S/C17H18N4O/c1-2-6-13(7-3-1)10-15(21-8-4-5-9-21)16-19-17(22-20-16)14-11-18-12-14/h1-9,14-15,18H,10-12H2/t15-/m0/s1. The molecule has 0 bridgehead atoms. The molecule has 0 radical (unpaired) electrons. The monoisotopic (exact) mass is 294 g/mol. The first-order valence-electron chi connectivity index (χ1n) is 7.61. The topological polar surface area (TPSA) is 55.9 Å². The van der Waals surface area contributed by atoms with Crippen LogP contribution in [-0.4, -0.2) is 27.8 Å². The Labute approximate surface area is 129 Å². The van der Waals surface area contributed by atoms with E-state index < -0.39 is 0 Å². The van der Waals surface area contributed by atoms with Crippen molar-refractivity contribution < 1.29 is 4.52 Å². The van der Waals surface area contributed by atoms with E-state index in [2.05, 4.69) is 56.7 Å². The highest BCUT2D eigenvalue weighted by molar-refractivity contribution is 5.18. The normalized spacial score (nSPS) is 16.4. The van der Waals surface area contributed by atoms with E-state index in [1.165, 1.54) is 5.56 Å². The van der Waals surface area contributed by atoms with Crippen molar-refractivity contribution in [3.05, 3.63) is 72.1 Å². The second-order valence-corrected chi connectivity index (χ2v) is 5.68. The highest BCUT2D eigenvalue weighted by Crippen LogP contribution is 2.24. The molecule has 1 aliphatic rings. The van der Waals surface area contributed by atoms with E-state index >= 15 is 0 Å². The Kier molecular flexibility index (Phi) is 3.48. The van der Waals surface area contributed by atoms with Gasteiger partial charge in [-0.05, 0) is 17.7 Å². The van der Waals surface area contributed by atoms with E-state index in [4.69, 9.17) is 4.52 Å². The summed E-state index contributed by atoms with van der Waals surface area (Å²) in [5.41, 5.74) is 1.26. The number of rotatable bonds is 5. The van der Waals surface area contributed by atoms with Gasteiger partial charge in [-0.2, -0.15) is 4.98 Å². The van der Waals surface area contributed by atoms with E-state index in [1.54, 1.807) is 0 Å². The lowest BCUT2D eigenvalue weighted by Crippen LogP contribution is -2.40. The molecule has 22 heavy (non-hydrogen) atoms. The van der Waals surface area contributed by atoms with Crippen molar-refractivity contribution >= 4 is 0 Å². The molecule has 1 N–H and O–H groups in total. The maximum atomic E-state index is 5.47. The molecule has 0 amide bonds. The minimum Gasteiger partial charge on any atom is -0.343 e. The van der Waals surface area contributed by atoms with Crippen molar-refractivity contribution in [2.24, 2.45) is 0 Å². The number of aromatic nitrogens is 3.